The quantitative estimate of drug-likeness (QED) is 0.0647. The third kappa shape index (κ3) is 11.7. The summed E-state index contributed by atoms with van der Waals surface area (Å²) in [4.78, 5) is 40.1. The number of esters is 3. The van der Waals surface area contributed by atoms with Crippen LogP contribution in [0.4, 0.5) is 0 Å². The standard InChI is InChI=1S/C46H50O13/c1-5-26-51-45-41(54-29-34-22-14-8-15-23-34)38(53-28-33-20-12-7-13-21-33)39(40(59-45)44(49)50-4)58-46-42(56-31(3)47)37(52-27-32-18-10-6-11-19-32)36(30(2)55-46)57-43(48)35-24-16-9-17-25-35/h5-25,30,36-42,45-46H,1,26-29H2,2-4H3/t30-,36-,37+,38-,39+,40-,41+,42+,45+,46-/m0/s1. The molecule has 2 fully saturated rings. The largest absolute Gasteiger partial charge is 0.467 e. The number of ether oxygens (including phenoxy) is 10. The van der Waals surface area contributed by atoms with Crippen LogP contribution < -0.4 is 0 Å². The Kier molecular flexibility index (Phi) is 15.9. The summed E-state index contributed by atoms with van der Waals surface area (Å²) in [6, 6.07) is 36.8. The van der Waals surface area contributed by atoms with Crippen molar-refractivity contribution < 1.29 is 61.8 Å². The van der Waals surface area contributed by atoms with Crippen molar-refractivity contribution in [2.75, 3.05) is 13.7 Å². The lowest BCUT2D eigenvalue weighted by molar-refractivity contribution is -0.362. The Labute approximate surface area is 344 Å². The van der Waals surface area contributed by atoms with Crippen molar-refractivity contribution in [1.29, 1.82) is 0 Å². The minimum absolute atomic E-state index is 0.0555. The van der Waals surface area contributed by atoms with Gasteiger partial charge in [-0.2, -0.15) is 0 Å². The number of hydrogen-bond donors (Lipinski definition) is 0. The van der Waals surface area contributed by atoms with Gasteiger partial charge in [0, 0.05) is 6.92 Å². The monoisotopic (exact) mass is 810 g/mol. The average Bonchev–Trinajstić information content (AvgIpc) is 3.26. The van der Waals surface area contributed by atoms with Crippen LogP contribution in [0.2, 0.25) is 0 Å². The molecule has 0 radical (unpaired) electrons. The smallest absolute Gasteiger partial charge is 0.338 e. The van der Waals surface area contributed by atoms with Gasteiger partial charge in [-0.1, -0.05) is 115 Å². The van der Waals surface area contributed by atoms with E-state index in [1.54, 1.807) is 43.3 Å². The fraction of sp³-hybridized carbons (Fsp3) is 0.370. The van der Waals surface area contributed by atoms with Crippen molar-refractivity contribution in [3.8, 4) is 0 Å². The van der Waals surface area contributed by atoms with Gasteiger partial charge in [-0.25, -0.2) is 9.59 Å². The van der Waals surface area contributed by atoms with Crippen LogP contribution in [-0.2, 0) is 76.8 Å². The Balaban J connectivity index is 1.38. The highest BCUT2D eigenvalue weighted by molar-refractivity contribution is 5.89. The van der Waals surface area contributed by atoms with E-state index in [4.69, 9.17) is 47.4 Å². The van der Waals surface area contributed by atoms with Crippen molar-refractivity contribution in [3.63, 3.8) is 0 Å². The number of methoxy groups -OCH3 is 1. The second-order valence-electron chi connectivity index (χ2n) is 14.0. The molecule has 0 bridgehead atoms. The Morgan fingerprint density at radius 2 is 1.08 bits per heavy atom. The molecule has 0 amide bonds. The van der Waals surface area contributed by atoms with Gasteiger partial charge in [-0.3, -0.25) is 4.79 Å². The van der Waals surface area contributed by atoms with E-state index >= 15 is 0 Å². The molecular weight excluding hydrogens is 760 g/mol. The van der Waals surface area contributed by atoms with Crippen LogP contribution in [-0.4, -0.2) is 93.0 Å². The first-order chi connectivity index (χ1) is 28.7. The Morgan fingerprint density at radius 3 is 1.58 bits per heavy atom. The molecule has 2 heterocycles. The molecule has 13 nitrogen and oxygen atoms in total. The van der Waals surface area contributed by atoms with E-state index in [1.165, 1.54) is 14.0 Å². The number of carbonyl (C=O) groups is 3. The maximum Gasteiger partial charge on any atom is 0.338 e. The summed E-state index contributed by atoms with van der Waals surface area (Å²) in [6.45, 7) is 7.01. The highest BCUT2D eigenvalue weighted by Gasteiger charge is 2.56. The van der Waals surface area contributed by atoms with Crippen molar-refractivity contribution in [2.24, 2.45) is 0 Å². The van der Waals surface area contributed by atoms with Crippen LogP contribution in [0.15, 0.2) is 134 Å². The summed E-state index contributed by atoms with van der Waals surface area (Å²) >= 11 is 0. The van der Waals surface area contributed by atoms with Gasteiger partial charge in [0.05, 0.1) is 45.2 Å². The predicted octanol–water partition coefficient (Wildman–Crippen LogP) is 6.13. The van der Waals surface area contributed by atoms with Gasteiger partial charge in [0.2, 0.25) is 0 Å². The Bertz CT molecular complexity index is 1910. The molecule has 0 saturated carbocycles. The van der Waals surface area contributed by atoms with E-state index in [1.807, 2.05) is 91.0 Å². The molecule has 4 aromatic rings. The maximum absolute atomic E-state index is 13.7. The van der Waals surface area contributed by atoms with Crippen molar-refractivity contribution in [3.05, 3.63) is 156 Å². The number of hydrogen-bond acceptors (Lipinski definition) is 13. The molecule has 0 aromatic heterocycles. The van der Waals surface area contributed by atoms with Crippen LogP contribution in [0.1, 0.15) is 40.9 Å². The molecule has 6 rings (SSSR count). The fourth-order valence-corrected chi connectivity index (χ4v) is 6.90. The summed E-state index contributed by atoms with van der Waals surface area (Å²) in [6.07, 6.45) is -10.3. The molecule has 0 spiro atoms. The van der Waals surface area contributed by atoms with Gasteiger partial charge in [-0.15, -0.1) is 6.58 Å². The van der Waals surface area contributed by atoms with Crippen molar-refractivity contribution in [1.82, 2.24) is 0 Å². The predicted molar refractivity (Wildman–Crippen MR) is 212 cm³/mol. The summed E-state index contributed by atoms with van der Waals surface area (Å²) in [5.41, 5.74) is 2.80. The molecule has 312 valence electrons. The second kappa shape index (κ2) is 21.7. The molecule has 59 heavy (non-hydrogen) atoms. The van der Waals surface area contributed by atoms with Gasteiger partial charge in [0.15, 0.2) is 30.9 Å². The minimum atomic E-state index is -1.46. The van der Waals surface area contributed by atoms with E-state index in [0.717, 1.165) is 16.7 Å². The van der Waals surface area contributed by atoms with E-state index < -0.39 is 79.3 Å². The molecule has 13 heteroatoms. The van der Waals surface area contributed by atoms with Crippen LogP contribution in [0.25, 0.3) is 0 Å². The topological polar surface area (TPSA) is 144 Å². The zero-order chi connectivity index (χ0) is 41.6. The Morgan fingerprint density at radius 1 is 0.593 bits per heavy atom. The summed E-state index contributed by atoms with van der Waals surface area (Å²) in [7, 11) is 1.22. The summed E-state index contributed by atoms with van der Waals surface area (Å²) in [5.74, 6) is -2.12. The minimum Gasteiger partial charge on any atom is -0.467 e. The fourth-order valence-electron chi connectivity index (χ4n) is 6.90. The molecule has 0 unspecified atom stereocenters. The third-order valence-corrected chi connectivity index (χ3v) is 9.74. The average molecular weight is 811 g/mol. The SMILES string of the molecule is C=CCO[C@@H]1O[C@H](C(=O)OC)[C@H](O[C@@H]2O[C@@H](C)[C@H](OC(=O)c3ccccc3)[C@@H](OCc3ccccc3)[C@H]2OC(C)=O)[C@H](OCc2ccccc2)[C@H]1OCc1ccccc1. The van der Waals surface area contributed by atoms with E-state index in [-0.39, 0.29) is 26.4 Å². The van der Waals surface area contributed by atoms with Gasteiger partial charge < -0.3 is 47.4 Å². The first kappa shape index (κ1) is 43.3. The van der Waals surface area contributed by atoms with Crippen LogP contribution in [0.3, 0.4) is 0 Å². The lowest BCUT2D eigenvalue weighted by Crippen LogP contribution is -2.66. The highest BCUT2D eigenvalue weighted by atomic mass is 16.8. The summed E-state index contributed by atoms with van der Waals surface area (Å²) in [5, 5.41) is 0. The van der Waals surface area contributed by atoms with Crippen molar-refractivity contribution >= 4 is 17.9 Å². The second-order valence-corrected chi connectivity index (χ2v) is 14.0. The highest BCUT2D eigenvalue weighted by Crippen LogP contribution is 2.36. The zero-order valence-corrected chi connectivity index (χ0v) is 33.2. The van der Waals surface area contributed by atoms with Gasteiger partial charge in [0.1, 0.15) is 24.4 Å². The molecule has 2 aliphatic heterocycles. The van der Waals surface area contributed by atoms with E-state index in [9.17, 15) is 14.4 Å². The number of benzene rings is 4. The van der Waals surface area contributed by atoms with Gasteiger partial charge in [-0.05, 0) is 35.7 Å². The third-order valence-electron chi connectivity index (χ3n) is 9.74. The van der Waals surface area contributed by atoms with Gasteiger partial charge >= 0.3 is 17.9 Å². The lowest BCUT2D eigenvalue weighted by atomic mass is 9.95. The van der Waals surface area contributed by atoms with Gasteiger partial charge in [0.25, 0.3) is 0 Å². The molecule has 2 aliphatic rings. The number of carbonyl (C=O) groups excluding carboxylic acids is 3. The molecular formula is C46H50O13. The Hall–Kier alpha value is -5.25. The normalized spacial score (nSPS) is 26.6. The zero-order valence-electron chi connectivity index (χ0n) is 33.2. The van der Waals surface area contributed by atoms with Crippen LogP contribution in [0, 0.1) is 0 Å². The molecule has 10 atom stereocenters. The summed E-state index contributed by atoms with van der Waals surface area (Å²) < 4.78 is 62.6. The van der Waals surface area contributed by atoms with Crippen LogP contribution in [0.5, 0.6) is 0 Å². The van der Waals surface area contributed by atoms with E-state index in [0.29, 0.717) is 5.56 Å². The lowest BCUT2D eigenvalue weighted by Gasteiger charge is -2.48. The van der Waals surface area contributed by atoms with Crippen molar-refractivity contribution in [2.45, 2.75) is 95.1 Å². The van der Waals surface area contributed by atoms with Crippen LogP contribution >= 0.6 is 0 Å². The van der Waals surface area contributed by atoms with E-state index in [2.05, 4.69) is 6.58 Å². The molecule has 0 aliphatic carbocycles. The molecule has 2 saturated heterocycles. The first-order valence-corrected chi connectivity index (χ1v) is 19.4. The molecule has 4 aromatic carbocycles. The maximum atomic E-state index is 13.7. The first-order valence-electron chi connectivity index (χ1n) is 19.4. The number of rotatable bonds is 18. The molecule has 0 N–H and O–H groups in total.